The van der Waals surface area contributed by atoms with Gasteiger partial charge in [0.1, 0.15) is 5.78 Å². The maximum Gasteiger partial charge on any atom is 0.222 e. The number of amides is 1. The topological polar surface area (TPSA) is 57.6 Å². The highest BCUT2D eigenvalue weighted by atomic mass is 16.3. The first kappa shape index (κ1) is 27.1. The van der Waals surface area contributed by atoms with Crippen molar-refractivity contribution >= 4 is 11.7 Å². The summed E-state index contributed by atoms with van der Waals surface area (Å²) in [5.74, 6) is 3.28. The van der Waals surface area contributed by atoms with Crippen LogP contribution >= 0.6 is 0 Å². The molecule has 4 fully saturated rings. The maximum atomic E-state index is 13.1. The van der Waals surface area contributed by atoms with Crippen molar-refractivity contribution in [2.75, 3.05) is 13.1 Å². The van der Waals surface area contributed by atoms with E-state index in [9.17, 15) is 14.7 Å². The first-order chi connectivity index (χ1) is 16.7. The van der Waals surface area contributed by atoms with Gasteiger partial charge in [0, 0.05) is 31.3 Å². The van der Waals surface area contributed by atoms with Gasteiger partial charge < -0.3 is 10.0 Å². The van der Waals surface area contributed by atoms with Crippen LogP contribution < -0.4 is 0 Å². The lowest BCUT2D eigenvalue weighted by molar-refractivity contribution is -0.161. The fourth-order valence-corrected chi connectivity index (χ4v) is 9.10. The molecule has 4 aliphatic carbocycles. The van der Waals surface area contributed by atoms with Crippen molar-refractivity contribution in [3.05, 3.63) is 0 Å². The van der Waals surface area contributed by atoms with Gasteiger partial charge in [-0.25, -0.2) is 0 Å². The second kappa shape index (κ2) is 10.8. The second-order valence-corrected chi connectivity index (χ2v) is 13.5. The van der Waals surface area contributed by atoms with Crippen LogP contribution in [0.2, 0.25) is 0 Å². The van der Waals surface area contributed by atoms with E-state index in [0.717, 1.165) is 64.3 Å². The molecular formula is C31H53NO3. The van der Waals surface area contributed by atoms with Crippen LogP contribution in [0.5, 0.6) is 0 Å². The summed E-state index contributed by atoms with van der Waals surface area (Å²) >= 11 is 0. The molecule has 4 heteroatoms. The van der Waals surface area contributed by atoms with Crippen molar-refractivity contribution < 1.29 is 14.7 Å². The SMILES string of the molecule is CCCCCCN(C[C@@]1(O)CC[C@@]2(C)C(CC[C@@H]3[C@@H]2CC[C@]2(C)C(=O)CC[C@@H]32)C1)C(=O)CCCC. The van der Waals surface area contributed by atoms with Gasteiger partial charge in [0.2, 0.25) is 5.91 Å². The number of carbonyl (C=O) groups is 2. The third-order valence-corrected chi connectivity index (χ3v) is 11.4. The first-order valence-corrected chi connectivity index (χ1v) is 15.2. The molecule has 200 valence electrons. The van der Waals surface area contributed by atoms with Crippen molar-refractivity contribution in [3.63, 3.8) is 0 Å². The summed E-state index contributed by atoms with van der Waals surface area (Å²) in [6, 6.07) is 0. The van der Waals surface area contributed by atoms with Crippen molar-refractivity contribution in [2.24, 2.45) is 34.5 Å². The van der Waals surface area contributed by atoms with E-state index >= 15 is 0 Å². The number of rotatable bonds is 10. The molecule has 0 saturated heterocycles. The molecule has 0 spiro atoms. The Balaban J connectivity index is 1.43. The summed E-state index contributed by atoms with van der Waals surface area (Å²) in [4.78, 5) is 27.8. The number of hydrogen-bond acceptors (Lipinski definition) is 3. The van der Waals surface area contributed by atoms with E-state index in [1.54, 1.807) is 0 Å². The smallest absolute Gasteiger partial charge is 0.222 e. The zero-order chi connectivity index (χ0) is 25.3. The van der Waals surface area contributed by atoms with Crippen LogP contribution in [-0.2, 0) is 9.59 Å². The van der Waals surface area contributed by atoms with Crippen LogP contribution in [-0.4, -0.2) is 40.4 Å². The van der Waals surface area contributed by atoms with Crippen molar-refractivity contribution in [3.8, 4) is 0 Å². The number of nitrogens with zero attached hydrogens (tertiary/aromatic N) is 1. The molecule has 0 heterocycles. The van der Waals surface area contributed by atoms with E-state index in [4.69, 9.17) is 0 Å². The molecule has 0 aromatic heterocycles. The van der Waals surface area contributed by atoms with Crippen LogP contribution in [0, 0.1) is 34.5 Å². The molecule has 35 heavy (non-hydrogen) atoms. The van der Waals surface area contributed by atoms with Gasteiger partial charge in [0.15, 0.2) is 0 Å². The first-order valence-electron chi connectivity index (χ1n) is 15.2. The molecule has 0 aromatic rings. The summed E-state index contributed by atoms with van der Waals surface area (Å²) in [5, 5.41) is 11.9. The average Bonchev–Trinajstić information content (AvgIpc) is 3.14. The second-order valence-electron chi connectivity index (χ2n) is 13.5. The predicted octanol–water partition coefficient (Wildman–Crippen LogP) is 6.93. The number of unbranched alkanes of at least 4 members (excludes halogenated alkanes) is 4. The lowest BCUT2D eigenvalue weighted by atomic mass is 9.44. The Hall–Kier alpha value is -0.900. The molecule has 4 rings (SSSR count). The van der Waals surface area contributed by atoms with Gasteiger partial charge in [-0.15, -0.1) is 0 Å². The highest BCUT2D eigenvalue weighted by molar-refractivity contribution is 5.87. The van der Waals surface area contributed by atoms with Crippen LogP contribution in [0.25, 0.3) is 0 Å². The zero-order valence-electron chi connectivity index (χ0n) is 23.2. The van der Waals surface area contributed by atoms with Gasteiger partial charge in [-0.3, -0.25) is 9.59 Å². The Morgan fingerprint density at radius 1 is 0.943 bits per heavy atom. The van der Waals surface area contributed by atoms with Gasteiger partial charge in [-0.2, -0.15) is 0 Å². The van der Waals surface area contributed by atoms with Gasteiger partial charge in [-0.05, 0) is 93.3 Å². The molecule has 1 amide bonds. The predicted molar refractivity (Wildman–Crippen MR) is 142 cm³/mol. The number of carbonyl (C=O) groups excluding carboxylic acids is 2. The van der Waals surface area contributed by atoms with E-state index in [1.807, 2.05) is 4.90 Å². The standard InChI is InChI=1S/C31H53NO3/c1-5-7-9-10-20-32(28(34)11-8-6-2)22-31(35)19-18-29(3)23(21-31)12-13-24-25-14-15-27(33)30(25,4)17-16-26(24)29/h23-26,35H,5-22H2,1-4H3/t23?,24-,25-,26-,29-,30-,31+/m0/s1. The maximum absolute atomic E-state index is 13.1. The number of fused-ring (bicyclic) bond motifs is 5. The quantitative estimate of drug-likeness (QED) is 0.340. The van der Waals surface area contributed by atoms with Crippen LogP contribution in [0.4, 0.5) is 0 Å². The third kappa shape index (κ3) is 5.25. The average molecular weight is 488 g/mol. The molecule has 1 N–H and O–H groups in total. The van der Waals surface area contributed by atoms with E-state index in [2.05, 4.69) is 27.7 Å². The third-order valence-electron chi connectivity index (χ3n) is 11.4. The Morgan fingerprint density at radius 2 is 1.71 bits per heavy atom. The molecule has 1 unspecified atom stereocenters. The van der Waals surface area contributed by atoms with Gasteiger partial charge in [0.05, 0.1) is 5.60 Å². The fraction of sp³-hybridized carbons (Fsp3) is 0.935. The molecule has 4 saturated carbocycles. The van der Waals surface area contributed by atoms with E-state index in [0.29, 0.717) is 42.4 Å². The molecule has 0 bridgehead atoms. The van der Waals surface area contributed by atoms with Gasteiger partial charge in [-0.1, -0.05) is 53.4 Å². The minimum atomic E-state index is -0.740. The Labute approximate surface area is 215 Å². The van der Waals surface area contributed by atoms with E-state index in [1.165, 1.54) is 38.5 Å². The minimum absolute atomic E-state index is 0.0586. The highest BCUT2D eigenvalue weighted by Crippen LogP contribution is 2.66. The van der Waals surface area contributed by atoms with Crippen LogP contribution in [0.15, 0.2) is 0 Å². The van der Waals surface area contributed by atoms with Crippen LogP contribution in [0.1, 0.15) is 130 Å². The minimum Gasteiger partial charge on any atom is -0.388 e. The zero-order valence-corrected chi connectivity index (χ0v) is 23.2. The fourth-order valence-electron chi connectivity index (χ4n) is 9.10. The van der Waals surface area contributed by atoms with Gasteiger partial charge in [0.25, 0.3) is 0 Å². The largest absolute Gasteiger partial charge is 0.388 e. The molecule has 0 aromatic carbocycles. The summed E-state index contributed by atoms with van der Waals surface area (Å²) in [6.07, 6.45) is 16.5. The summed E-state index contributed by atoms with van der Waals surface area (Å²) in [7, 11) is 0. The highest BCUT2D eigenvalue weighted by Gasteiger charge is 2.61. The van der Waals surface area contributed by atoms with Crippen molar-refractivity contribution in [2.45, 2.75) is 136 Å². The summed E-state index contributed by atoms with van der Waals surface area (Å²) in [5.41, 5.74) is -0.521. The Kier molecular flexibility index (Phi) is 8.40. The molecule has 7 atom stereocenters. The number of Topliss-reactive ketones (excluding diaryl/α,β-unsaturated/α-hetero) is 1. The van der Waals surface area contributed by atoms with Crippen molar-refractivity contribution in [1.82, 2.24) is 4.90 Å². The summed E-state index contributed by atoms with van der Waals surface area (Å²) in [6.45, 7) is 10.5. The molecule has 4 aliphatic rings. The van der Waals surface area contributed by atoms with Crippen LogP contribution in [0.3, 0.4) is 0 Å². The van der Waals surface area contributed by atoms with Crippen molar-refractivity contribution in [1.29, 1.82) is 0 Å². The summed E-state index contributed by atoms with van der Waals surface area (Å²) < 4.78 is 0. The molecule has 4 nitrogen and oxygen atoms in total. The molecular weight excluding hydrogens is 434 g/mol. The number of hydrogen-bond donors (Lipinski definition) is 1. The lowest BCUT2D eigenvalue weighted by Gasteiger charge is -2.61. The van der Waals surface area contributed by atoms with E-state index < -0.39 is 5.60 Å². The van der Waals surface area contributed by atoms with Gasteiger partial charge >= 0.3 is 0 Å². The number of ketones is 1. The number of aliphatic hydroxyl groups is 1. The molecule has 0 radical (unpaired) electrons. The Bertz CT molecular complexity index is 766. The normalized spacial score (nSPS) is 40.7. The van der Waals surface area contributed by atoms with E-state index in [-0.39, 0.29) is 16.7 Å². The monoisotopic (exact) mass is 487 g/mol. The lowest BCUT2D eigenvalue weighted by Crippen LogP contribution is -2.58. The molecule has 0 aliphatic heterocycles. The Morgan fingerprint density at radius 3 is 2.46 bits per heavy atom.